The molecule has 0 unspecified atom stereocenters. The van der Waals surface area contributed by atoms with Gasteiger partial charge in [-0.3, -0.25) is 4.68 Å². The first-order chi connectivity index (χ1) is 7.43. The Hall–Kier alpha value is -1.42. The molecule has 2 aromatic heterocycles. The molecule has 2 aromatic rings. The minimum atomic E-state index is 0.513. The van der Waals surface area contributed by atoms with Crippen molar-refractivity contribution in [2.75, 3.05) is 0 Å². The van der Waals surface area contributed by atoms with Crippen molar-refractivity contribution < 1.29 is 0 Å². The van der Waals surface area contributed by atoms with Crippen molar-refractivity contribution in [1.82, 2.24) is 14.8 Å². The highest BCUT2D eigenvalue weighted by Gasteiger charge is 2.14. The second-order valence-corrected chi connectivity index (χ2v) is 4.54. The van der Waals surface area contributed by atoms with Gasteiger partial charge in [0, 0.05) is 23.3 Å². The first-order valence-electron chi connectivity index (χ1n) is 5.02. The molecular formula is C11H11N3S. The van der Waals surface area contributed by atoms with Gasteiger partial charge in [-0.1, -0.05) is 12.2 Å². The summed E-state index contributed by atoms with van der Waals surface area (Å²) < 4.78 is 2.05. The van der Waals surface area contributed by atoms with E-state index in [0.29, 0.717) is 6.04 Å². The number of aromatic nitrogens is 3. The van der Waals surface area contributed by atoms with Crippen molar-refractivity contribution in [3.8, 4) is 10.6 Å². The highest BCUT2D eigenvalue weighted by Crippen LogP contribution is 2.26. The van der Waals surface area contributed by atoms with Crippen LogP contribution in [0.4, 0.5) is 0 Å². The Balaban J connectivity index is 1.88. The van der Waals surface area contributed by atoms with E-state index in [-0.39, 0.29) is 0 Å². The topological polar surface area (TPSA) is 30.7 Å². The SMILES string of the molecule is C1=CCC(n2cc(-c3nccs3)cn2)C1. The number of allylic oxidation sites excluding steroid dienone is 2. The summed E-state index contributed by atoms with van der Waals surface area (Å²) in [5.41, 5.74) is 1.12. The zero-order valence-corrected chi connectivity index (χ0v) is 9.02. The number of hydrogen-bond donors (Lipinski definition) is 0. The summed E-state index contributed by atoms with van der Waals surface area (Å²) in [6.07, 6.45) is 12.4. The van der Waals surface area contributed by atoms with E-state index in [9.17, 15) is 0 Å². The van der Waals surface area contributed by atoms with Crippen molar-refractivity contribution in [2.45, 2.75) is 18.9 Å². The molecule has 4 heteroatoms. The average molecular weight is 217 g/mol. The third kappa shape index (κ3) is 1.61. The molecule has 0 bridgehead atoms. The van der Waals surface area contributed by atoms with Crippen LogP contribution in [-0.4, -0.2) is 14.8 Å². The van der Waals surface area contributed by atoms with Gasteiger partial charge in [-0.2, -0.15) is 5.10 Å². The van der Waals surface area contributed by atoms with Crippen molar-refractivity contribution in [3.63, 3.8) is 0 Å². The van der Waals surface area contributed by atoms with E-state index < -0.39 is 0 Å². The lowest BCUT2D eigenvalue weighted by atomic mass is 10.2. The summed E-state index contributed by atoms with van der Waals surface area (Å²) in [6, 6.07) is 0.513. The number of nitrogens with zero attached hydrogens (tertiary/aromatic N) is 3. The lowest BCUT2D eigenvalue weighted by molar-refractivity contribution is 0.481. The van der Waals surface area contributed by atoms with E-state index in [4.69, 9.17) is 0 Å². The quantitative estimate of drug-likeness (QED) is 0.724. The second kappa shape index (κ2) is 3.62. The van der Waals surface area contributed by atoms with Gasteiger partial charge in [0.25, 0.3) is 0 Å². The van der Waals surface area contributed by atoms with Gasteiger partial charge in [-0.05, 0) is 12.8 Å². The van der Waals surface area contributed by atoms with Crippen LogP contribution in [0, 0.1) is 0 Å². The molecule has 15 heavy (non-hydrogen) atoms. The molecule has 3 nitrogen and oxygen atoms in total. The molecule has 0 aliphatic heterocycles. The van der Waals surface area contributed by atoms with Gasteiger partial charge in [-0.15, -0.1) is 11.3 Å². The van der Waals surface area contributed by atoms with Gasteiger partial charge in [0.2, 0.25) is 0 Å². The molecule has 2 heterocycles. The summed E-state index contributed by atoms with van der Waals surface area (Å²) in [7, 11) is 0. The van der Waals surface area contributed by atoms with Crippen LogP contribution in [0.1, 0.15) is 18.9 Å². The molecule has 76 valence electrons. The smallest absolute Gasteiger partial charge is 0.126 e. The van der Waals surface area contributed by atoms with E-state index in [1.54, 1.807) is 11.3 Å². The summed E-state index contributed by atoms with van der Waals surface area (Å²) in [5.74, 6) is 0. The molecule has 0 fully saturated rings. The van der Waals surface area contributed by atoms with Crippen LogP contribution in [0.2, 0.25) is 0 Å². The van der Waals surface area contributed by atoms with Gasteiger partial charge < -0.3 is 0 Å². The third-order valence-electron chi connectivity index (χ3n) is 2.64. The molecule has 3 rings (SSSR count). The average Bonchev–Trinajstić information content (AvgIpc) is 3.02. The number of thiazole rings is 1. The molecule has 0 N–H and O–H groups in total. The Morgan fingerprint density at radius 1 is 1.33 bits per heavy atom. The van der Waals surface area contributed by atoms with Gasteiger partial charge in [0.1, 0.15) is 5.01 Å². The maximum atomic E-state index is 4.40. The fourth-order valence-corrected chi connectivity index (χ4v) is 2.45. The Morgan fingerprint density at radius 3 is 2.93 bits per heavy atom. The minimum absolute atomic E-state index is 0.513. The zero-order chi connectivity index (χ0) is 10.1. The Morgan fingerprint density at radius 2 is 2.20 bits per heavy atom. The molecule has 1 aliphatic rings. The highest BCUT2D eigenvalue weighted by atomic mass is 32.1. The molecule has 0 saturated heterocycles. The molecule has 0 radical (unpaired) electrons. The second-order valence-electron chi connectivity index (χ2n) is 3.64. The molecular weight excluding hydrogens is 206 g/mol. The fraction of sp³-hybridized carbons (Fsp3) is 0.273. The lowest BCUT2D eigenvalue weighted by Gasteiger charge is -2.08. The van der Waals surface area contributed by atoms with Gasteiger partial charge in [0.05, 0.1) is 12.2 Å². The van der Waals surface area contributed by atoms with Crippen molar-refractivity contribution in [1.29, 1.82) is 0 Å². The third-order valence-corrected chi connectivity index (χ3v) is 3.46. The number of rotatable bonds is 2. The first kappa shape index (κ1) is 8.85. The van der Waals surface area contributed by atoms with Crippen LogP contribution in [-0.2, 0) is 0 Å². The first-order valence-corrected chi connectivity index (χ1v) is 5.90. The predicted molar refractivity (Wildman–Crippen MR) is 60.7 cm³/mol. The Labute approximate surface area is 92.1 Å². The van der Waals surface area contributed by atoms with Crippen LogP contribution in [0.5, 0.6) is 0 Å². The fourth-order valence-electron chi connectivity index (χ4n) is 1.83. The van der Waals surface area contributed by atoms with E-state index in [1.165, 1.54) is 0 Å². The minimum Gasteiger partial charge on any atom is -0.268 e. The highest BCUT2D eigenvalue weighted by molar-refractivity contribution is 7.13. The van der Waals surface area contributed by atoms with Crippen LogP contribution in [0.15, 0.2) is 36.1 Å². The molecule has 0 spiro atoms. The van der Waals surface area contributed by atoms with Crippen molar-refractivity contribution >= 4 is 11.3 Å². The van der Waals surface area contributed by atoms with Crippen LogP contribution < -0.4 is 0 Å². The summed E-state index contributed by atoms with van der Waals surface area (Å²) >= 11 is 1.65. The van der Waals surface area contributed by atoms with Crippen LogP contribution in [0.3, 0.4) is 0 Å². The largest absolute Gasteiger partial charge is 0.268 e. The zero-order valence-electron chi connectivity index (χ0n) is 8.21. The van der Waals surface area contributed by atoms with E-state index in [1.807, 2.05) is 17.8 Å². The normalized spacial score (nSPS) is 16.3. The van der Waals surface area contributed by atoms with Gasteiger partial charge >= 0.3 is 0 Å². The standard InChI is InChI=1S/C11H11N3S/c1-2-4-10(3-1)14-8-9(7-13-14)11-12-5-6-15-11/h1-2,5-8,10H,3-4H2. The summed E-state index contributed by atoms with van der Waals surface area (Å²) in [6.45, 7) is 0. The van der Waals surface area contributed by atoms with Crippen molar-refractivity contribution in [3.05, 3.63) is 36.1 Å². The Bertz CT molecular complexity index is 462. The summed E-state index contributed by atoms with van der Waals surface area (Å²) in [5, 5.41) is 7.44. The monoisotopic (exact) mass is 217 g/mol. The number of hydrogen-bond acceptors (Lipinski definition) is 3. The van der Waals surface area contributed by atoms with Crippen molar-refractivity contribution in [2.24, 2.45) is 0 Å². The maximum absolute atomic E-state index is 4.40. The van der Waals surface area contributed by atoms with Crippen LogP contribution in [0.25, 0.3) is 10.6 Å². The lowest BCUT2D eigenvalue weighted by Crippen LogP contribution is -2.04. The maximum Gasteiger partial charge on any atom is 0.126 e. The molecule has 0 atom stereocenters. The predicted octanol–water partition coefficient (Wildman–Crippen LogP) is 2.90. The molecule has 1 aliphatic carbocycles. The molecule has 0 amide bonds. The van der Waals surface area contributed by atoms with E-state index in [0.717, 1.165) is 23.4 Å². The van der Waals surface area contributed by atoms with E-state index in [2.05, 4.69) is 33.1 Å². The Kier molecular flexibility index (Phi) is 2.14. The van der Waals surface area contributed by atoms with Gasteiger partial charge in [0.15, 0.2) is 0 Å². The van der Waals surface area contributed by atoms with Crippen LogP contribution >= 0.6 is 11.3 Å². The van der Waals surface area contributed by atoms with E-state index >= 15 is 0 Å². The van der Waals surface area contributed by atoms with Gasteiger partial charge in [-0.25, -0.2) is 4.98 Å². The summed E-state index contributed by atoms with van der Waals surface area (Å²) in [4.78, 5) is 4.28. The molecule has 0 aromatic carbocycles. The molecule has 0 saturated carbocycles.